The number of nitrogens with zero attached hydrogens (tertiary/aromatic N) is 3. The molecule has 1 N–H and O–H groups in total. The standard InChI is InChI=1S/C29H29FN4O5S/c1-20-16-22(21(2)34(20)26-13-9-8-12-25(26)30)18-31-32-29(35)19-33(40(36,37)24-10-6-5-7-11-24)27-17-23(38-3)14-15-28(27)39-4/h5-18H,19H2,1-4H3,(H,32,35)/b31-18+. The molecule has 0 radical (unpaired) electrons. The average Bonchev–Trinajstić information content (AvgIpc) is 3.24. The Hall–Kier alpha value is -4.64. The highest BCUT2D eigenvalue weighted by Gasteiger charge is 2.30. The van der Waals surface area contributed by atoms with Crippen LogP contribution >= 0.6 is 0 Å². The highest BCUT2D eigenvalue weighted by molar-refractivity contribution is 7.92. The molecule has 1 amide bonds. The molecule has 0 bridgehead atoms. The number of carbonyl (C=O) groups is 1. The van der Waals surface area contributed by atoms with Crippen LogP contribution in [0.2, 0.25) is 0 Å². The predicted octanol–water partition coefficient (Wildman–Crippen LogP) is 4.60. The van der Waals surface area contributed by atoms with Gasteiger partial charge in [-0.2, -0.15) is 5.10 Å². The molecule has 1 heterocycles. The third-order valence-corrected chi connectivity index (χ3v) is 8.00. The van der Waals surface area contributed by atoms with Crippen molar-refractivity contribution in [2.24, 2.45) is 5.10 Å². The van der Waals surface area contributed by atoms with Gasteiger partial charge in [-0.15, -0.1) is 0 Å². The van der Waals surface area contributed by atoms with E-state index in [2.05, 4.69) is 10.5 Å². The van der Waals surface area contributed by atoms with Gasteiger partial charge in [0.1, 0.15) is 23.9 Å². The van der Waals surface area contributed by atoms with E-state index in [1.54, 1.807) is 53.1 Å². The summed E-state index contributed by atoms with van der Waals surface area (Å²) in [5.41, 5.74) is 5.07. The summed E-state index contributed by atoms with van der Waals surface area (Å²) < 4.78 is 55.1. The zero-order valence-corrected chi connectivity index (χ0v) is 23.3. The molecule has 3 aromatic carbocycles. The van der Waals surface area contributed by atoms with Gasteiger partial charge in [-0.05, 0) is 56.3 Å². The van der Waals surface area contributed by atoms with Crippen molar-refractivity contribution in [2.75, 3.05) is 25.1 Å². The fourth-order valence-corrected chi connectivity index (χ4v) is 5.72. The van der Waals surface area contributed by atoms with Gasteiger partial charge in [0.25, 0.3) is 15.9 Å². The van der Waals surface area contributed by atoms with Crippen molar-refractivity contribution in [3.63, 3.8) is 0 Å². The number of rotatable bonds is 10. The molecule has 0 saturated heterocycles. The first-order valence-electron chi connectivity index (χ1n) is 12.2. The number of halogens is 1. The molecule has 4 aromatic rings. The van der Waals surface area contributed by atoms with Gasteiger partial charge in [0.05, 0.1) is 36.7 Å². The second-order valence-corrected chi connectivity index (χ2v) is 10.6. The number of aromatic nitrogens is 1. The topological polar surface area (TPSA) is 102 Å². The third kappa shape index (κ3) is 5.84. The highest BCUT2D eigenvalue weighted by Crippen LogP contribution is 2.35. The number of nitrogens with one attached hydrogen (secondary N) is 1. The Kier molecular flexibility index (Phi) is 8.54. The Labute approximate surface area is 232 Å². The van der Waals surface area contributed by atoms with E-state index < -0.39 is 22.5 Å². The van der Waals surface area contributed by atoms with E-state index in [1.807, 2.05) is 19.9 Å². The zero-order valence-electron chi connectivity index (χ0n) is 22.5. The Morgan fingerprint density at radius 2 is 1.70 bits per heavy atom. The maximum atomic E-state index is 14.4. The number of hydrogen-bond donors (Lipinski definition) is 1. The lowest BCUT2D eigenvalue weighted by atomic mass is 10.2. The molecule has 0 atom stereocenters. The minimum Gasteiger partial charge on any atom is -0.497 e. The van der Waals surface area contributed by atoms with Gasteiger partial charge in [0.15, 0.2) is 0 Å². The summed E-state index contributed by atoms with van der Waals surface area (Å²) in [5, 5.41) is 4.04. The van der Waals surface area contributed by atoms with Crippen LogP contribution in [0.4, 0.5) is 10.1 Å². The van der Waals surface area contributed by atoms with Crippen molar-refractivity contribution in [1.82, 2.24) is 9.99 Å². The molecule has 11 heteroatoms. The second-order valence-electron chi connectivity index (χ2n) is 8.77. The van der Waals surface area contributed by atoms with E-state index in [-0.39, 0.29) is 22.1 Å². The van der Waals surface area contributed by atoms with Gasteiger partial charge >= 0.3 is 0 Å². The van der Waals surface area contributed by atoms with Gasteiger partial charge in [-0.1, -0.05) is 30.3 Å². The zero-order chi connectivity index (χ0) is 28.9. The van der Waals surface area contributed by atoms with E-state index in [0.29, 0.717) is 17.0 Å². The predicted molar refractivity (Wildman–Crippen MR) is 151 cm³/mol. The second kappa shape index (κ2) is 12.0. The quantitative estimate of drug-likeness (QED) is 0.224. The fourth-order valence-electron chi connectivity index (χ4n) is 4.27. The van der Waals surface area contributed by atoms with Crippen LogP contribution in [-0.2, 0) is 14.8 Å². The average molecular weight is 565 g/mol. The Bertz CT molecular complexity index is 1650. The summed E-state index contributed by atoms with van der Waals surface area (Å²) in [6, 6.07) is 20.7. The Balaban J connectivity index is 1.62. The third-order valence-electron chi connectivity index (χ3n) is 6.23. The molecular weight excluding hydrogens is 535 g/mol. The fraction of sp³-hybridized carbons (Fsp3) is 0.172. The van der Waals surface area contributed by atoms with E-state index in [1.165, 1.54) is 44.7 Å². The largest absolute Gasteiger partial charge is 0.497 e. The van der Waals surface area contributed by atoms with Crippen LogP contribution in [0, 0.1) is 19.7 Å². The molecule has 0 aliphatic carbocycles. The van der Waals surface area contributed by atoms with Gasteiger partial charge in [-0.3, -0.25) is 9.10 Å². The Morgan fingerprint density at radius 1 is 1.00 bits per heavy atom. The number of para-hydroxylation sites is 1. The van der Waals surface area contributed by atoms with Crippen molar-refractivity contribution in [1.29, 1.82) is 0 Å². The molecule has 0 fully saturated rings. The lowest BCUT2D eigenvalue weighted by Gasteiger charge is -2.25. The van der Waals surface area contributed by atoms with Crippen LogP contribution in [0.1, 0.15) is 17.0 Å². The van der Waals surface area contributed by atoms with Crippen LogP contribution in [0.5, 0.6) is 11.5 Å². The maximum absolute atomic E-state index is 14.4. The van der Waals surface area contributed by atoms with Crippen molar-refractivity contribution in [2.45, 2.75) is 18.7 Å². The van der Waals surface area contributed by atoms with Gasteiger partial charge in [0, 0.05) is 23.0 Å². The van der Waals surface area contributed by atoms with Crippen LogP contribution in [0.15, 0.2) is 88.9 Å². The summed E-state index contributed by atoms with van der Waals surface area (Å²) in [7, 11) is -1.33. The Morgan fingerprint density at radius 3 is 2.38 bits per heavy atom. The van der Waals surface area contributed by atoms with Crippen molar-refractivity contribution in [3.05, 3.63) is 102 Å². The molecule has 0 spiro atoms. The highest BCUT2D eigenvalue weighted by atomic mass is 32.2. The van der Waals surface area contributed by atoms with E-state index in [0.717, 1.165) is 15.7 Å². The number of carbonyl (C=O) groups excluding carboxylic acids is 1. The smallest absolute Gasteiger partial charge is 0.264 e. The number of aryl methyl sites for hydroxylation is 1. The minimum atomic E-state index is -4.18. The van der Waals surface area contributed by atoms with Crippen LogP contribution in [0.3, 0.4) is 0 Å². The normalized spacial score (nSPS) is 11.4. The van der Waals surface area contributed by atoms with Gasteiger partial charge in [0.2, 0.25) is 0 Å². The van der Waals surface area contributed by atoms with Crippen LogP contribution in [0.25, 0.3) is 5.69 Å². The monoisotopic (exact) mass is 564 g/mol. The number of hydrogen-bond acceptors (Lipinski definition) is 6. The molecule has 4 rings (SSSR count). The minimum absolute atomic E-state index is 0.00300. The van der Waals surface area contributed by atoms with Crippen molar-refractivity contribution in [3.8, 4) is 17.2 Å². The molecular formula is C29H29FN4O5S. The summed E-state index contributed by atoms with van der Waals surface area (Å²) in [5.74, 6) is -0.442. The van der Waals surface area contributed by atoms with E-state index in [4.69, 9.17) is 9.47 Å². The lowest BCUT2D eigenvalue weighted by Crippen LogP contribution is -2.39. The van der Waals surface area contributed by atoms with E-state index in [9.17, 15) is 17.6 Å². The summed E-state index contributed by atoms with van der Waals surface area (Å²) in [6.45, 7) is 3.06. The van der Waals surface area contributed by atoms with E-state index >= 15 is 0 Å². The van der Waals surface area contributed by atoms with Gasteiger partial charge in [-0.25, -0.2) is 18.2 Å². The first-order chi connectivity index (χ1) is 19.2. The molecule has 40 heavy (non-hydrogen) atoms. The number of methoxy groups -OCH3 is 2. The van der Waals surface area contributed by atoms with Gasteiger partial charge < -0.3 is 14.0 Å². The maximum Gasteiger partial charge on any atom is 0.264 e. The molecule has 0 unspecified atom stereocenters. The molecule has 1 aromatic heterocycles. The first kappa shape index (κ1) is 28.4. The number of anilines is 1. The summed E-state index contributed by atoms with van der Waals surface area (Å²) >= 11 is 0. The molecule has 0 aliphatic rings. The number of sulfonamides is 1. The molecule has 0 saturated carbocycles. The number of hydrazone groups is 1. The van der Waals surface area contributed by atoms with Crippen LogP contribution in [-0.4, -0.2) is 45.9 Å². The molecule has 9 nitrogen and oxygen atoms in total. The van der Waals surface area contributed by atoms with Crippen LogP contribution < -0.4 is 19.2 Å². The molecule has 208 valence electrons. The number of amides is 1. The number of ether oxygens (including phenoxy) is 2. The summed E-state index contributed by atoms with van der Waals surface area (Å²) in [6.07, 6.45) is 1.43. The SMILES string of the molecule is COc1ccc(OC)c(N(CC(=O)N/N=C/c2cc(C)n(-c3ccccc3F)c2C)S(=O)(=O)c2ccccc2)c1. The summed E-state index contributed by atoms with van der Waals surface area (Å²) in [4.78, 5) is 13.0. The first-order valence-corrected chi connectivity index (χ1v) is 13.7. The number of benzene rings is 3. The van der Waals surface area contributed by atoms with Crippen molar-refractivity contribution < 1.29 is 27.1 Å². The van der Waals surface area contributed by atoms with Crippen molar-refractivity contribution >= 4 is 27.8 Å². The lowest BCUT2D eigenvalue weighted by molar-refractivity contribution is -0.119. The molecule has 0 aliphatic heterocycles.